The summed E-state index contributed by atoms with van der Waals surface area (Å²) in [5, 5.41) is 16.6. The van der Waals surface area contributed by atoms with Crippen LogP contribution >= 0.6 is 11.6 Å². The average molecular weight is 213 g/mol. The van der Waals surface area contributed by atoms with Crippen LogP contribution in [0.1, 0.15) is 5.56 Å². The standard InChI is InChI=1S/C8H9ClN4O/c9-6-2-1-3-7(14)5(6)4-12-13-8(10)11/h1-4,14H,(H4,10,11,13)/b12-4+. The molecule has 5 nitrogen and oxygen atoms in total. The Bertz CT molecular complexity index is 365. The lowest BCUT2D eigenvalue weighted by Crippen LogP contribution is -2.21. The molecule has 0 aliphatic rings. The van der Waals surface area contributed by atoms with Gasteiger partial charge in [-0.25, -0.2) is 0 Å². The lowest BCUT2D eigenvalue weighted by molar-refractivity contribution is 0.474. The first-order valence-corrected chi connectivity index (χ1v) is 4.08. The van der Waals surface area contributed by atoms with E-state index in [9.17, 15) is 5.11 Å². The Balaban J connectivity index is 2.97. The van der Waals surface area contributed by atoms with Crippen molar-refractivity contribution in [1.29, 1.82) is 0 Å². The zero-order valence-corrected chi connectivity index (χ0v) is 7.94. The van der Waals surface area contributed by atoms with Crippen molar-refractivity contribution in [2.75, 3.05) is 0 Å². The van der Waals surface area contributed by atoms with Gasteiger partial charge in [0.05, 0.1) is 16.8 Å². The summed E-state index contributed by atoms with van der Waals surface area (Å²) in [6.45, 7) is 0. The van der Waals surface area contributed by atoms with Crippen molar-refractivity contribution >= 4 is 23.8 Å². The molecule has 0 aliphatic carbocycles. The zero-order valence-electron chi connectivity index (χ0n) is 7.18. The molecule has 1 rings (SSSR count). The van der Waals surface area contributed by atoms with Crippen LogP contribution in [-0.4, -0.2) is 17.3 Å². The third kappa shape index (κ3) is 2.63. The Kier molecular flexibility index (Phi) is 3.30. The number of nitrogens with two attached hydrogens (primary N) is 2. The minimum Gasteiger partial charge on any atom is -0.507 e. The number of rotatable bonds is 2. The Labute approximate surface area is 85.7 Å². The molecule has 0 amide bonds. The van der Waals surface area contributed by atoms with E-state index in [0.717, 1.165) is 0 Å². The zero-order chi connectivity index (χ0) is 10.6. The normalized spacial score (nSPS) is 10.4. The van der Waals surface area contributed by atoms with Gasteiger partial charge in [0.15, 0.2) is 0 Å². The van der Waals surface area contributed by atoms with E-state index in [-0.39, 0.29) is 11.7 Å². The number of phenolic OH excluding ortho intramolecular Hbond substituents is 1. The first-order valence-electron chi connectivity index (χ1n) is 3.70. The van der Waals surface area contributed by atoms with Crippen LogP contribution in [0.2, 0.25) is 5.02 Å². The molecule has 5 N–H and O–H groups in total. The van der Waals surface area contributed by atoms with Crippen molar-refractivity contribution < 1.29 is 5.11 Å². The van der Waals surface area contributed by atoms with E-state index in [2.05, 4.69) is 10.2 Å². The molecule has 1 aromatic rings. The van der Waals surface area contributed by atoms with E-state index < -0.39 is 0 Å². The summed E-state index contributed by atoms with van der Waals surface area (Å²) >= 11 is 5.78. The second kappa shape index (κ2) is 4.48. The first-order chi connectivity index (χ1) is 6.61. The third-order valence-corrected chi connectivity index (χ3v) is 1.72. The summed E-state index contributed by atoms with van der Waals surface area (Å²) in [7, 11) is 0. The molecule has 0 heterocycles. The Morgan fingerprint density at radius 3 is 2.71 bits per heavy atom. The number of benzene rings is 1. The van der Waals surface area contributed by atoms with Crippen molar-refractivity contribution in [3.63, 3.8) is 0 Å². The highest BCUT2D eigenvalue weighted by Crippen LogP contribution is 2.22. The Morgan fingerprint density at radius 1 is 1.43 bits per heavy atom. The predicted octanol–water partition coefficient (Wildman–Crippen LogP) is 0.653. The third-order valence-electron chi connectivity index (χ3n) is 1.39. The molecule has 0 atom stereocenters. The summed E-state index contributed by atoms with van der Waals surface area (Å²) in [4.78, 5) is 0. The minimum atomic E-state index is -0.159. The van der Waals surface area contributed by atoms with Crippen molar-refractivity contribution in [2.45, 2.75) is 0 Å². The van der Waals surface area contributed by atoms with Crippen LogP contribution < -0.4 is 11.5 Å². The van der Waals surface area contributed by atoms with Gasteiger partial charge in [0.25, 0.3) is 0 Å². The smallest absolute Gasteiger partial charge is 0.211 e. The molecular weight excluding hydrogens is 204 g/mol. The Morgan fingerprint density at radius 2 is 2.14 bits per heavy atom. The lowest BCUT2D eigenvalue weighted by Gasteiger charge is -1.98. The van der Waals surface area contributed by atoms with Crippen molar-refractivity contribution in [1.82, 2.24) is 0 Å². The average Bonchev–Trinajstić information content (AvgIpc) is 2.09. The van der Waals surface area contributed by atoms with Gasteiger partial charge in [0.2, 0.25) is 5.96 Å². The van der Waals surface area contributed by atoms with Gasteiger partial charge in [0.1, 0.15) is 5.75 Å². The topological polar surface area (TPSA) is 97.0 Å². The maximum Gasteiger partial charge on any atom is 0.211 e. The SMILES string of the molecule is NC(N)=N/N=C/c1c(O)cccc1Cl. The monoisotopic (exact) mass is 212 g/mol. The molecule has 0 spiro atoms. The van der Waals surface area contributed by atoms with Crippen LogP contribution in [0, 0.1) is 0 Å². The van der Waals surface area contributed by atoms with Crippen LogP contribution in [-0.2, 0) is 0 Å². The second-order valence-corrected chi connectivity index (χ2v) is 2.85. The molecule has 0 bridgehead atoms. The summed E-state index contributed by atoms with van der Waals surface area (Å²) in [6.07, 6.45) is 1.28. The van der Waals surface area contributed by atoms with Crippen LogP contribution in [0.5, 0.6) is 5.75 Å². The van der Waals surface area contributed by atoms with Gasteiger partial charge in [0, 0.05) is 0 Å². The molecule has 6 heteroatoms. The molecule has 0 unspecified atom stereocenters. The van der Waals surface area contributed by atoms with E-state index in [1.807, 2.05) is 0 Å². The maximum atomic E-state index is 9.37. The van der Waals surface area contributed by atoms with Crippen molar-refractivity contribution in [3.8, 4) is 5.75 Å². The fraction of sp³-hybridized carbons (Fsp3) is 0. The maximum absolute atomic E-state index is 9.37. The van der Waals surface area contributed by atoms with Gasteiger partial charge in [-0.05, 0) is 12.1 Å². The second-order valence-electron chi connectivity index (χ2n) is 2.44. The lowest BCUT2D eigenvalue weighted by atomic mass is 10.2. The number of phenols is 1. The van der Waals surface area contributed by atoms with E-state index in [1.54, 1.807) is 12.1 Å². The number of halogens is 1. The fourth-order valence-corrected chi connectivity index (χ4v) is 1.03. The van der Waals surface area contributed by atoms with Gasteiger partial charge in [-0.15, -0.1) is 5.10 Å². The molecular formula is C8H9ClN4O. The van der Waals surface area contributed by atoms with Crippen molar-refractivity contribution in [3.05, 3.63) is 28.8 Å². The number of hydrogen-bond acceptors (Lipinski definition) is 3. The molecule has 0 saturated carbocycles. The number of aromatic hydroxyl groups is 1. The summed E-state index contributed by atoms with van der Waals surface area (Å²) in [5.41, 5.74) is 10.5. The van der Waals surface area contributed by atoms with Crippen LogP contribution in [0.25, 0.3) is 0 Å². The van der Waals surface area contributed by atoms with Crippen LogP contribution in [0.4, 0.5) is 0 Å². The number of hydrogen-bond donors (Lipinski definition) is 3. The minimum absolute atomic E-state index is 0.0204. The number of guanidine groups is 1. The molecule has 14 heavy (non-hydrogen) atoms. The predicted molar refractivity (Wildman–Crippen MR) is 56.5 cm³/mol. The van der Waals surface area contributed by atoms with Gasteiger partial charge < -0.3 is 16.6 Å². The molecule has 0 radical (unpaired) electrons. The van der Waals surface area contributed by atoms with Gasteiger partial charge in [-0.2, -0.15) is 5.10 Å². The number of nitrogens with zero attached hydrogens (tertiary/aromatic N) is 2. The van der Waals surface area contributed by atoms with E-state index in [1.165, 1.54) is 12.3 Å². The van der Waals surface area contributed by atoms with Crippen LogP contribution in [0.3, 0.4) is 0 Å². The van der Waals surface area contributed by atoms with E-state index in [0.29, 0.717) is 10.6 Å². The first kappa shape index (κ1) is 10.3. The fourth-order valence-electron chi connectivity index (χ4n) is 0.807. The quantitative estimate of drug-likeness (QED) is 0.382. The highest BCUT2D eigenvalue weighted by Gasteiger charge is 2.01. The van der Waals surface area contributed by atoms with E-state index in [4.69, 9.17) is 23.1 Å². The highest BCUT2D eigenvalue weighted by molar-refractivity contribution is 6.33. The molecule has 0 aromatic heterocycles. The summed E-state index contributed by atoms with van der Waals surface area (Å²) in [5.74, 6) is -0.139. The summed E-state index contributed by atoms with van der Waals surface area (Å²) < 4.78 is 0. The van der Waals surface area contributed by atoms with Gasteiger partial charge in [-0.3, -0.25) is 0 Å². The molecule has 0 aliphatic heterocycles. The van der Waals surface area contributed by atoms with Gasteiger partial charge >= 0.3 is 0 Å². The highest BCUT2D eigenvalue weighted by atomic mass is 35.5. The molecule has 0 saturated heterocycles. The molecule has 74 valence electrons. The van der Waals surface area contributed by atoms with Crippen molar-refractivity contribution in [2.24, 2.45) is 21.7 Å². The largest absolute Gasteiger partial charge is 0.507 e. The summed E-state index contributed by atoms with van der Waals surface area (Å²) in [6, 6.07) is 4.73. The van der Waals surface area contributed by atoms with E-state index >= 15 is 0 Å². The molecule has 1 aromatic carbocycles. The van der Waals surface area contributed by atoms with Crippen LogP contribution in [0.15, 0.2) is 28.4 Å². The molecule has 0 fully saturated rings. The Hall–Kier alpha value is -1.75. The van der Waals surface area contributed by atoms with Gasteiger partial charge in [-0.1, -0.05) is 17.7 Å².